The Kier molecular flexibility index (Phi) is 5.37. The van der Waals surface area contributed by atoms with Gasteiger partial charge in [-0.1, -0.05) is 31.2 Å². The van der Waals surface area contributed by atoms with Gasteiger partial charge in [-0.15, -0.1) is 0 Å². The minimum absolute atomic E-state index is 0.0389. The third kappa shape index (κ3) is 4.33. The first-order chi connectivity index (χ1) is 11.0. The smallest absolute Gasteiger partial charge is 0.282 e. The Morgan fingerprint density at radius 2 is 1.83 bits per heavy atom. The third-order valence-electron chi connectivity index (χ3n) is 3.19. The Bertz CT molecular complexity index is 744. The number of carbonyl (C=O) groups is 1. The SMILES string of the molecule is CCc1ccc(NC(=S)NC(=O)c2ccccc2[N+](=O)[O-])cc1. The topological polar surface area (TPSA) is 84.3 Å². The van der Waals surface area contributed by atoms with Crippen molar-refractivity contribution in [3.05, 3.63) is 69.8 Å². The van der Waals surface area contributed by atoms with Gasteiger partial charge in [0.2, 0.25) is 0 Å². The van der Waals surface area contributed by atoms with Crippen molar-refractivity contribution in [3.8, 4) is 0 Å². The molecular formula is C16H15N3O3S. The van der Waals surface area contributed by atoms with Crippen LogP contribution >= 0.6 is 12.2 Å². The lowest BCUT2D eigenvalue weighted by Gasteiger charge is -2.10. The highest BCUT2D eigenvalue weighted by Crippen LogP contribution is 2.17. The van der Waals surface area contributed by atoms with E-state index in [1.54, 1.807) is 6.07 Å². The Hall–Kier alpha value is -2.80. The highest BCUT2D eigenvalue weighted by atomic mass is 32.1. The van der Waals surface area contributed by atoms with Gasteiger partial charge < -0.3 is 5.32 Å². The fraction of sp³-hybridized carbons (Fsp3) is 0.125. The van der Waals surface area contributed by atoms with Crippen LogP contribution in [0.15, 0.2) is 48.5 Å². The molecule has 0 unspecified atom stereocenters. The number of amides is 1. The molecule has 1 amide bonds. The number of hydrogen-bond acceptors (Lipinski definition) is 4. The van der Waals surface area contributed by atoms with Crippen molar-refractivity contribution in [1.82, 2.24) is 5.32 Å². The molecule has 0 aliphatic heterocycles. The van der Waals surface area contributed by atoms with E-state index in [0.717, 1.165) is 12.1 Å². The summed E-state index contributed by atoms with van der Waals surface area (Å²) in [4.78, 5) is 22.5. The average Bonchev–Trinajstić information content (AvgIpc) is 2.55. The van der Waals surface area contributed by atoms with Crippen molar-refractivity contribution >= 4 is 34.6 Å². The fourth-order valence-electron chi connectivity index (χ4n) is 1.98. The quantitative estimate of drug-likeness (QED) is 0.511. The predicted molar refractivity (Wildman–Crippen MR) is 92.6 cm³/mol. The van der Waals surface area contributed by atoms with Crippen molar-refractivity contribution in [3.63, 3.8) is 0 Å². The minimum atomic E-state index is -0.625. The summed E-state index contributed by atoms with van der Waals surface area (Å²) in [6, 6.07) is 13.3. The summed E-state index contributed by atoms with van der Waals surface area (Å²) in [7, 11) is 0. The van der Waals surface area contributed by atoms with Crippen molar-refractivity contribution in [2.24, 2.45) is 0 Å². The van der Waals surface area contributed by atoms with Gasteiger partial charge in [0.15, 0.2) is 5.11 Å². The maximum absolute atomic E-state index is 12.1. The molecule has 2 N–H and O–H groups in total. The standard InChI is InChI=1S/C16H15N3O3S/c1-2-11-7-9-12(10-8-11)17-16(23)18-15(20)13-5-3-4-6-14(13)19(21)22/h3-10H,2H2,1H3,(H2,17,18,20,23). The van der Waals surface area contributed by atoms with Gasteiger partial charge in [-0.05, 0) is 42.4 Å². The Balaban J connectivity index is 2.05. The summed E-state index contributed by atoms with van der Waals surface area (Å²) >= 11 is 5.07. The summed E-state index contributed by atoms with van der Waals surface area (Å²) in [5.74, 6) is -0.625. The van der Waals surface area contributed by atoms with Crippen LogP contribution in [0.1, 0.15) is 22.8 Å². The number of carbonyl (C=O) groups excluding carboxylic acids is 1. The molecule has 0 atom stereocenters. The molecule has 0 heterocycles. The maximum atomic E-state index is 12.1. The summed E-state index contributed by atoms with van der Waals surface area (Å²) < 4.78 is 0. The monoisotopic (exact) mass is 329 g/mol. The lowest BCUT2D eigenvalue weighted by Crippen LogP contribution is -2.34. The number of nitro benzene ring substituents is 1. The maximum Gasteiger partial charge on any atom is 0.282 e. The van der Waals surface area contributed by atoms with E-state index in [2.05, 4.69) is 17.6 Å². The van der Waals surface area contributed by atoms with E-state index in [1.807, 2.05) is 24.3 Å². The minimum Gasteiger partial charge on any atom is -0.332 e. The van der Waals surface area contributed by atoms with Crippen LogP contribution in [0.2, 0.25) is 0 Å². The molecule has 0 bridgehead atoms. The van der Waals surface area contributed by atoms with E-state index >= 15 is 0 Å². The Morgan fingerprint density at radius 3 is 2.43 bits per heavy atom. The van der Waals surface area contributed by atoms with E-state index in [9.17, 15) is 14.9 Å². The molecule has 0 spiro atoms. The molecule has 0 saturated carbocycles. The van der Waals surface area contributed by atoms with Crippen molar-refractivity contribution < 1.29 is 9.72 Å². The van der Waals surface area contributed by atoms with Gasteiger partial charge in [0, 0.05) is 11.8 Å². The van der Waals surface area contributed by atoms with Gasteiger partial charge >= 0.3 is 0 Å². The fourth-order valence-corrected chi connectivity index (χ4v) is 2.19. The van der Waals surface area contributed by atoms with Crippen molar-refractivity contribution in [2.75, 3.05) is 5.32 Å². The van der Waals surface area contributed by atoms with Gasteiger partial charge in [-0.3, -0.25) is 20.2 Å². The average molecular weight is 329 g/mol. The molecule has 0 aromatic heterocycles. The zero-order chi connectivity index (χ0) is 16.8. The van der Waals surface area contributed by atoms with Crippen LogP contribution in [0.4, 0.5) is 11.4 Å². The number of hydrogen-bond donors (Lipinski definition) is 2. The van der Waals surface area contributed by atoms with E-state index in [0.29, 0.717) is 0 Å². The number of nitrogens with zero attached hydrogens (tertiary/aromatic N) is 1. The molecule has 0 fully saturated rings. The number of thiocarbonyl (C=S) groups is 1. The normalized spacial score (nSPS) is 9.96. The first-order valence-electron chi connectivity index (χ1n) is 6.96. The highest BCUT2D eigenvalue weighted by molar-refractivity contribution is 7.80. The lowest BCUT2D eigenvalue weighted by atomic mass is 10.1. The first-order valence-corrected chi connectivity index (χ1v) is 7.36. The molecule has 23 heavy (non-hydrogen) atoms. The van der Waals surface area contributed by atoms with Crippen LogP contribution < -0.4 is 10.6 Å². The first kappa shape index (κ1) is 16.6. The largest absolute Gasteiger partial charge is 0.332 e. The van der Waals surface area contributed by atoms with Crippen LogP contribution in [-0.4, -0.2) is 15.9 Å². The second kappa shape index (κ2) is 7.46. The molecule has 2 aromatic carbocycles. The van der Waals surface area contributed by atoms with E-state index in [1.165, 1.54) is 23.8 Å². The van der Waals surface area contributed by atoms with E-state index in [-0.39, 0.29) is 16.4 Å². The highest BCUT2D eigenvalue weighted by Gasteiger charge is 2.19. The molecular weight excluding hydrogens is 314 g/mol. The molecule has 0 aliphatic carbocycles. The zero-order valence-corrected chi connectivity index (χ0v) is 13.2. The number of benzene rings is 2. The number of para-hydroxylation sites is 1. The Labute approximate surface area is 138 Å². The zero-order valence-electron chi connectivity index (χ0n) is 12.4. The van der Waals surface area contributed by atoms with E-state index in [4.69, 9.17) is 12.2 Å². The second-order valence-corrected chi connectivity index (χ2v) is 5.14. The van der Waals surface area contributed by atoms with Gasteiger partial charge in [-0.2, -0.15) is 0 Å². The number of rotatable bonds is 4. The molecule has 0 saturated heterocycles. The predicted octanol–water partition coefficient (Wildman–Crippen LogP) is 3.28. The molecule has 7 heteroatoms. The van der Waals surface area contributed by atoms with Gasteiger partial charge in [0.25, 0.3) is 11.6 Å². The van der Waals surface area contributed by atoms with Gasteiger partial charge in [0.05, 0.1) is 4.92 Å². The van der Waals surface area contributed by atoms with Crippen LogP contribution in [0.5, 0.6) is 0 Å². The van der Waals surface area contributed by atoms with Gasteiger partial charge in [0.1, 0.15) is 5.56 Å². The third-order valence-corrected chi connectivity index (χ3v) is 3.40. The van der Waals surface area contributed by atoms with Crippen LogP contribution in [0.3, 0.4) is 0 Å². The second-order valence-electron chi connectivity index (χ2n) is 4.73. The van der Waals surface area contributed by atoms with Crippen molar-refractivity contribution in [2.45, 2.75) is 13.3 Å². The number of aryl methyl sites for hydroxylation is 1. The van der Waals surface area contributed by atoms with Crippen LogP contribution in [0.25, 0.3) is 0 Å². The van der Waals surface area contributed by atoms with Gasteiger partial charge in [-0.25, -0.2) is 0 Å². The van der Waals surface area contributed by atoms with E-state index < -0.39 is 10.8 Å². The van der Waals surface area contributed by atoms with Crippen molar-refractivity contribution in [1.29, 1.82) is 0 Å². The number of nitrogens with one attached hydrogen (secondary N) is 2. The molecule has 118 valence electrons. The number of nitro groups is 1. The molecule has 0 aliphatic rings. The molecule has 0 radical (unpaired) electrons. The summed E-state index contributed by atoms with van der Waals surface area (Å²) in [5.41, 5.74) is 1.61. The molecule has 2 rings (SSSR count). The summed E-state index contributed by atoms with van der Waals surface area (Å²) in [6.45, 7) is 2.06. The summed E-state index contributed by atoms with van der Waals surface area (Å²) in [6.07, 6.45) is 0.930. The Morgan fingerprint density at radius 1 is 1.17 bits per heavy atom. The lowest BCUT2D eigenvalue weighted by molar-refractivity contribution is -0.385. The van der Waals surface area contributed by atoms with Crippen LogP contribution in [0, 0.1) is 10.1 Å². The molecule has 2 aromatic rings. The summed E-state index contributed by atoms with van der Waals surface area (Å²) in [5, 5.41) is 16.3. The van der Waals surface area contributed by atoms with Crippen LogP contribution in [-0.2, 0) is 6.42 Å². The number of anilines is 1. The molecule has 6 nitrogen and oxygen atoms in total.